The molecule has 0 aromatic heterocycles. The highest BCUT2D eigenvalue weighted by Gasteiger charge is 2.22. The standard InChI is InChI=1S/C24H31N3O4/c1-4-25(2)24(29)31-23-8-6-5-7-21(23)22(28)18-27-15-13-26(14-16-27)17-19-9-11-20(30-3)12-10-19/h5-12H,4,13-18H2,1-3H3. The minimum atomic E-state index is -0.463. The van der Waals surface area contributed by atoms with Gasteiger partial charge in [-0.1, -0.05) is 24.3 Å². The number of ether oxygens (including phenoxy) is 2. The number of ketones is 1. The van der Waals surface area contributed by atoms with E-state index in [2.05, 4.69) is 21.9 Å². The molecule has 2 aromatic rings. The SMILES string of the molecule is CCN(C)C(=O)Oc1ccccc1C(=O)CN1CCN(Cc2ccc(OC)cc2)CC1. The molecular weight excluding hydrogens is 394 g/mol. The quantitative estimate of drug-likeness (QED) is 0.606. The van der Waals surface area contributed by atoms with Gasteiger partial charge in [0, 0.05) is 46.3 Å². The fourth-order valence-corrected chi connectivity index (χ4v) is 3.47. The van der Waals surface area contributed by atoms with E-state index in [1.807, 2.05) is 19.1 Å². The first kappa shape index (κ1) is 22.8. The molecular formula is C24H31N3O4. The minimum absolute atomic E-state index is 0.0360. The van der Waals surface area contributed by atoms with E-state index in [1.165, 1.54) is 10.5 Å². The fourth-order valence-electron chi connectivity index (χ4n) is 3.47. The molecule has 1 heterocycles. The van der Waals surface area contributed by atoms with Gasteiger partial charge >= 0.3 is 6.09 Å². The van der Waals surface area contributed by atoms with Crippen molar-refractivity contribution in [3.63, 3.8) is 0 Å². The average Bonchev–Trinajstić information content (AvgIpc) is 2.80. The lowest BCUT2D eigenvalue weighted by Gasteiger charge is -2.34. The largest absolute Gasteiger partial charge is 0.497 e. The second-order valence-electron chi connectivity index (χ2n) is 7.70. The Balaban J connectivity index is 1.52. The Morgan fingerprint density at radius 3 is 2.26 bits per heavy atom. The van der Waals surface area contributed by atoms with Crippen LogP contribution >= 0.6 is 0 Å². The van der Waals surface area contributed by atoms with Crippen molar-refractivity contribution in [1.82, 2.24) is 14.7 Å². The van der Waals surface area contributed by atoms with Crippen LogP contribution in [0.4, 0.5) is 4.79 Å². The summed E-state index contributed by atoms with van der Waals surface area (Å²) in [5.74, 6) is 1.14. The van der Waals surface area contributed by atoms with Gasteiger partial charge in [0.05, 0.1) is 19.2 Å². The molecule has 0 atom stereocenters. The summed E-state index contributed by atoms with van der Waals surface area (Å²) >= 11 is 0. The number of carbonyl (C=O) groups is 2. The molecule has 0 radical (unpaired) electrons. The molecule has 1 amide bonds. The summed E-state index contributed by atoms with van der Waals surface area (Å²) in [6.45, 7) is 7.05. The molecule has 2 aromatic carbocycles. The number of hydrogen-bond acceptors (Lipinski definition) is 6. The Bertz CT molecular complexity index is 877. The van der Waals surface area contributed by atoms with Gasteiger partial charge in [0.2, 0.25) is 0 Å². The van der Waals surface area contributed by atoms with Gasteiger partial charge in [-0.3, -0.25) is 14.6 Å². The number of methoxy groups -OCH3 is 1. The first-order valence-electron chi connectivity index (χ1n) is 10.6. The van der Waals surface area contributed by atoms with Crippen LogP contribution in [0.2, 0.25) is 0 Å². The number of amides is 1. The summed E-state index contributed by atoms with van der Waals surface area (Å²) in [6.07, 6.45) is -0.463. The van der Waals surface area contributed by atoms with Crippen molar-refractivity contribution in [3.8, 4) is 11.5 Å². The van der Waals surface area contributed by atoms with Crippen molar-refractivity contribution in [2.24, 2.45) is 0 Å². The lowest BCUT2D eigenvalue weighted by Crippen LogP contribution is -2.47. The summed E-state index contributed by atoms with van der Waals surface area (Å²) in [4.78, 5) is 31.0. The van der Waals surface area contributed by atoms with Crippen molar-refractivity contribution in [2.75, 3.05) is 53.4 Å². The molecule has 0 saturated carbocycles. The van der Waals surface area contributed by atoms with Gasteiger partial charge in [0.1, 0.15) is 11.5 Å². The molecule has 31 heavy (non-hydrogen) atoms. The highest BCUT2D eigenvalue weighted by atomic mass is 16.6. The van der Waals surface area contributed by atoms with E-state index in [4.69, 9.17) is 9.47 Å². The summed E-state index contributed by atoms with van der Waals surface area (Å²) in [7, 11) is 3.33. The Morgan fingerprint density at radius 1 is 0.968 bits per heavy atom. The van der Waals surface area contributed by atoms with Gasteiger partial charge in [-0.05, 0) is 36.8 Å². The molecule has 0 aliphatic carbocycles. The van der Waals surface area contributed by atoms with Crippen LogP contribution in [0.1, 0.15) is 22.8 Å². The summed E-state index contributed by atoms with van der Waals surface area (Å²) in [6, 6.07) is 15.1. The van der Waals surface area contributed by atoms with Gasteiger partial charge in [0.25, 0.3) is 0 Å². The Kier molecular flexibility index (Phi) is 8.03. The highest BCUT2D eigenvalue weighted by molar-refractivity contribution is 6.00. The monoisotopic (exact) mass is 425 g/mol. The smallest absolute Gasteiger partial charge is 0.414 e. The van der Waals surface area contributed by atoms with Gasteiger partial charge in [0.15, 0.2) is 5.78 Å². The molecule has 3 rings (SSSR count). The van der Waals surface area contributed by atoms with E-state index in [0.717, 1.165) is 38.5 Å². The Hall–Kier alpha value is -2.90. The van der Waals surface area contributed by atoms with E-state index in [0.29, 0.717) is 24.4 Å². The highest BCUT2D eigenvalue weighted by Crippen LogP contribution is 2.20. The molecule has 1 aliphatic heterocycles. The van der Waals surface area contributed by atoms with Crippen molar-refractivity contribution < 1.29 is 19.1 Å². The van der Waals surface area contributed by atoms with E-state index >= 15 is 0 Å². The summed E-state index contributed by atoms with van der Waals surface area (Å²) < 4.78 is 10.7. The van der Waals surface area contributed by atoms with Crippen LogP contribution in [0.3, 0.4) is 0 Å². The van der Waals surface area contributed by atoms with E-state index in [1.54, 1.807) is 38.4 Å². The number of benzene rings is 2. The Morgan fingerprint density at radius 2 is 1.61 bits per heavy atom. The first-order valence-corrected chi connectivity index (χ1v) is 10.6. The molecule has 0 spiro atoms. The molecule has 0 bridgehead atoms. The summed E-state index contributed by atoms with van der Waals surface area (Å²) in [5.41, 5.74) is 1.69. The average molecular weight is 426 g/mol. The van der Waals surface area contributed by atoms with Gasteiger partial charge in [-0.15, -0.1) is 0 Å². The molecule has 1 aliphatic rings. The Labute approximate surface area is 184 Å². The zero-order valence-corrected chi connectivity index (χ0v) is 18.5. The number of carbonyl (C=O) groups excluding carboxylic acids is 2. The first-order chi connectivity index (χ1) is 15.0. The van der Waals surface area contributed by atoms with Crippen LogP contribution in [0.15, 0.2) is 48.5 Å². The molecule has 1 saturated heterocycles. The van der Waals surface area contributed by atoms with Crippen LogP contribution in [0.25, 0.3) is 0 Å². The van der Waals surface area contributed by atoms with Crippen molar-refractivity contribution in [2.45, 2.75) is 13.5 Å². The predicted octanol–water partition coefficient (Wildman–Crippen LogP) is 3.15. The number of nitrogens with zero attached hydrogens (tertiary/aromatic N) is 3. The maximum atomic E-state index is 12.9. The predicted molar refractivity (Wildman–Crippen MR) is 120 cm³/mol. The molecule has 1 fully saturated rings. The van der Waals surface area contributed by atoms with Crippen molar-refractivity contribution in [3.05, 3.63) is 59.7 Å². The second-order valence-corrected chi connectivity index (χ2v) is 7.70. The van der Waals surface area contributed by atoms with Crippen molar-refractivity contribution in [1.29, 1.82) is 0 Å². The molecule has 7 nitrogen and oxygen atoms in total. The molecule has 0 unspecified atom stereocenters. The summed E-state index contributed by atoms with van der Waals surface area (Å²) in [5, 5.41) is 0. The van der Waals surface area contributed by atoms with Crippen LogP contribution in [0.5, 0.6) is 11.5 Å². The van der Waals surface area contributed by atoms with E-state index in [-0.39, 0.29) is 5.78 Å². The van der Waals surface area contributed by atoms with Crippen LogP contribution in [-0.2, 0) is 6.54 Å². The van der Waals surface area contributed by atoms with Gasteiger partial charge in [-0.25, -0.2) is 4.79 Å². The molecule has 166 valence electrons. The normalized spacial score (nSPS) is 14.8. The second kappa shape index (κ2) is 10.9. The number of hydrogen-bond donors (Lipinski definition) is 0. The topological polar surface area (TPSA) is 62.3 Å². The lowest BCUT2D eigenvalue weighted by molar-refractivity contribution is 0.0841. The number of rotatable bonds is 8. The number of Topliss-reactive ketones (excluding diaryl/α,β-unsaturated/α-hetero) is 1. The maximum Gasteiger partial charge on any atom is 0.414 e. The van der Waals surface area contributed by atoms with E-state index in [9.17, 15) is 9.59 Å². The molecule has 0 N–H and O–H groups in total. The zero-order chi connectivity index (χ0) is 22.2. The zero-order valence-electron chi connectivity index (χ0n) is 18.5. The van der Waals surface area contributed by atoms with Crippen LogP contribution in [0, 0.1) is 0 Å². The number of para-hydroxylation sites is 1. The van der Waals surface area contributed by atoms with Crippen molar-refractivity contribution >= 4 is 11.9 Å². The fraction of sp³-hybridized carbons (Fsp3) is 0.417. The maximum absolute atomic E-state index is 12.9. The van der Waals surface area contributed by atoms with Gasteiger partial charge < -0.3 is 14.4 Å². The molecule has 7 heteroatoms. The third kappa shape index (κ3) is 6.29. The third-order valence-electron chi connectivity index (χ3n) is 5.57. The van der Waals surface area contributed by atoms with Gasteiger partial charge in [-0.2, -0.15) is 0 Å². The third-order valence-corrected chi connectivity index (χ3v) is 5.57. The lowest BCUT2D eigenvalue weighted by atomic mass is 10.1. The number of piperazine rings is 1. The van der Waals surface area contributed by atoms with E-state index < -0.39 is 6.09 Å². The minimum Gasteiger partial charge on any atom is -0.497 e. The van der Waals surface area contributed by atoms with Crippen LogP contribution < -0.4 is 9.47 Å². The van der Waals surface area contributed by atoms with Crippen LogP contribution in [-0.4, -0.2) is 80.0 Å².